The van der Waals surface area contributed by atoms with E-state index in [1.165, 1.54) is 0 Å². The summed E-state index contributed by atoms with van der Waals surface area (Å²) in [5.74, 6) is -1.18. The molecule has 0 bridgehead atoms. The highest BCUT2D eigenvalue weighted by Gasteiger charge is 2.30. The van der Waals surface area contributed by atoms with Gasteiger partial charge in [-0.2, -0.15) is 13.2 Å². The van der Waals surface area contributed by atoms with E-state index in [4.69, 9.17) is 10.9 Å². The van der Waals surface area contributed by atoms with Crippen molar-refractivity contribution in [1.29, 1.82) is 0 Å². The number of alkyl halides is 3. The topological polar surface area (TPSA) is 108 Å². The Balaban J connectivity index is 3.29. The van der Waals surface area contributed by atoms with Crippen LogP contribution in [0.1, 0.15) is 10.5 Å². The molecule has 1 amide bonds. The maximum atomic E-state index is 12.1. The van der Waals surface area contributed by atoms with E-state index in [2.05, 4.69) is 0 Å². The molecule has 6 nitrogen and oxygen atoms in total. The minimum Gasteiger partial charge on any atom is -0.364 e. The van der Waals surface area contributed by atoms with Gasteiger partial charge in [0.1, 0.15) is 17.1 Å². The fraction of sp³-hybridized carbons (Fsp3) is 0.286. The van der Waals surface area contributed by atoms with Crippen LogP contribution in [0.3, 0.4) is 0 Å². The predicted octanol–water partition coefficient (Wildman–Crippen LogP) is -0.203. The van der Waals surface area contributed by atoms with Crippen LogP contribution in [-0.4, -0.2) is 25.1 Å². The molecule has 1 aromatic heterocycles. The largest absolute Gasteiger partial charge is 0.406 e. The average molecular weight is 271 g/mol. The van der Waals surface area contributed by atoms with Crippen LogP contribution in [0.4, 0.5) is 13.2 Å². The van der Waals surface area contributed by atoms with Crippen LogP contribution in [0.25, 0.3) is 0 Å². The molecule has 1 rings (SSSR count). The fourth-order valence-corrected chi connectivity index (χ4v) is 1.72. The molecule has 0 radical (unpaired) electrons. The molecule has 0 unspecified atom stereocenters. The second kappa shape index (κ2) is 4.04. The van der Waals surface area contributed by atoms with Gasteiger partial charge in [-0.25, -0.2) is 13.6 Å². The minimum absolute atomic E-state index is 0.391. The molecule has 0 saturated carbocycles. The van der Waals surface area contributed by atoms with Crippen LogP contribution < -0.4 is 10.9 Å². The summed E-state index contributed by atoms with van der Waals surface area (Å²) in [4.78, 5) is 10.2. The first kappa shape index (κ1) is 13.5. The Kier molecular flexibility index (Phi) is 3.21. The van der Waals surface area contributed by atoms with Crippen LogP contribution in [0.15, 0.2) is 17.2 Å². The Morgan fingerprint density at radius 1 is 1.41 bits per heavy atom. The number of sulfonamides is 1. The summed E-state index contributed by atoms with van der Waals surface area (Å²) in [6.07, 6.45) is -4.00. The minimum atomic E-state index is -4.61. The highest BCUT2D eigenvalue weighted by atomic mass is 32.2. The zero-order valence-corrected chi connectivity index (χ0v) is 9.05. The summed E-state index contributed by atoms with van der Waals surface area (Å²) in [6.45, 7) is -1.53. The van der Waals surface area contributed by atoms with Crippen LogP contribution in [-0.2, 0) is 16.6 Å². The van der Waals surface area contributed by atoms with E-state index in [-0.39, 0.29) is 0 Å². The first-order valence-corrected chi connectivity index (χ1v) is 5.65. The van der Waals surface area contributed by atoms with E-state index in [1.807, 2.05) is 0 Å². The number of nitrogens with two attached hydrogens (primary N) is 2. The standard InChI is InChI=1S/C7H8F3N3O3S/c8-7(9,10)3-13-2-4(17(12,15)16)1-5(13)6(11)14/h1-2H,3H2,(H2,11,14)(H2,12,15,16). The van der Waals surface area contributed by atoms with Crippen molar-refractivity contribution in [2.24, 2.45) is 10.9 Å². The molecule has 0 aromatic carbocycles. The third-order valence-electron chi connectivity index (χ3n) is 1.80. The molecule has 0 aliphatic carbocycles. The van der Waals surface area contributed by atoms with Gasteiger partial charge in [-0.15, -0.1) is 0 Å². The lowest BCUT2D eigenvalue weighted by molar-refractivity contribution is -0.140. The lowest BCUT2D eigenvalue weighted by Crippen LogP contribution is -2.23. The van der Waals surface area contributed by atoms with Gasteiger partial charge in [-0.1, -0.05) is 0 Å². The zero-order chi connectivity index (χ0) is 13.4. The van der Waals surface area contributed by atoms with Gasteiger partial charge in [0.15, 0.2) is 0 Å². The molecule has 1 aromatic rings. The van der Waals surface area contributed by atoms with Crippen molar-refractivity contribution in [3.8, 4) is 0 Å². The van der Waals surface area contributed by atoms with Gasteiger partial charge in [0, 0.05) is 6.20 Å². The Morgan fingerprint density at radius 3 is 2.29 bits per heavy atom. The van der Waals surface area contributed by atoms with Crippen LogP contribution in [0, 0.1) is 0 Å². The summed E-state index contributed by atoms with van der Waals surface area (Å²) < 4.78 is 58.6. The number of primary amides is 1. The van der Waals surface area contributed by atoms with Crippen LogP contribution in [0.2, 0.25) is 0 Å². The lowest BCUT2D eigenvalue weighted by atomic mass is 10.4. The maximum Gasteiger partial charge on any atom is 0.406 e. The SMILES string of the molecule is NC(=O)c1cc(S(N)(=O)=O)cn1CC(F)(F)F. The van der Waals surface area contributed by atoms with E-state index in [1.54, 1.807) is 0 Å². The Hall–Kier alpha value is -1.55. The zero-order valence-electron chi connectivity index (χ0n) is 8.23. The number of primary sulfonamides is 1. The molecular weight excluding hydrogens is 263 g/mol. The van der Waals surface area contributed by atoms with Crippen molar-refractivity contribution >= 4 is 15.9 Å². The van der Waals surface area contributed by atoms with E-state index in [0.29, 0.717) is 16.8 Å². The van der Waals surface area contributed by atoms with Gasteiger partial charge in [-0.05, 0) is 6.07 Å². The van der Waals surface area contributed by atoms with Gasteiger partial charge < -0.3 is 10.3 Å². The highest BCUT2D eigenvalue weighted by molar-refractivity contribution is 7.89. The molecule has 10 heteroatoms. The van der Waals surface area contributed by atoms with Gasteiger partial charge in [0.25, 0.3) is 5.91 Å². The monoisotopic (exact) mass is 271 g/mol. The maximum absolute atomic E-state index is 12.1. The van der Waals surface area contributed by atoms with Gasteiger partial charge in [0.05, 0.1) is 0 Å². The number of carbonyl (C=O) groups is 1. The summed E-state index contributed by atoms with van der Waals surface area (Å²) >= 11 is 0. The van der Waals surface area contributed by atoms with Gasteiger partial charge in [0.2, 0.25) is 10.0 Å². The average Bonchev–Trinajstić information content (AvgIpc) is 2.43. The number of nitrogens with zero attached hydrogens (tertiary/aromatic N) is 1. The van der Waals surface area contributed by atoms with Gasteiger partial charge >= 0.3 is 6.18 Å². The molecule has 0 spiro atoms. The normalized spacial score (nSPS) is 12.7. The molecule has 0 aliphatic rings. The van der Waals surface area contributed by atoms with Crippen molar-refractivity contribution in [2.75, 3.05) is 0 Å². The molecule has 96 valence electrons. The highest BCUT2D eigenvalue weighted by Crippen LogP contribution is 2.21. The number of halogens is 3. The van der Waals surface area contributed by atoms with Crippen molar-refractivity contribution in [3.05, 3.63) is 18.0 Å². The number of aromatic nitrogens is 1. The fourth-order valence-electron chi connectivity index (χ4n) is 1.17. The second-order valence-corrected chi connectivity index (χ2v) is 4.77. The van der Waals surface area contributed by atoms with E-state index in [0.717, 1.165) is 0 Å². The Bertz CT molecular complexity index is 546. The molecule has 0 fully saturated rings. The molecule has 4 N–H and O–H groups in total. The summed E-state index contributed by atoms with van der Waals surface area (Å²) in [5, 5.41) is 4.73. The Morgan fingerprint density at radius 2 is 1.94 bits per heavy atom. The lowest BCUT2D eigenvalue weighted by Gasteiger charge is -2.09. The summed E-state index contributed by atoms with van der Waals surface area (Å²) in [5.41, 5.74) is 4.25. The third-order valence-corrected chi connectivity index (χ3v) is 2.68. The second-order valence-electron chi connectivity index (χ2n) is 3.21. The quantitative estimate of drug-likeness (QED) is 0.794. The van der Waals surface area contributed by atoms with E-state index >= 15 is 0 Å². The molecule has 1 heterocycles. The number of rotatable bonds is 3. The molecule has 0 atom stereocenters. The van der Waals surface area contributed by atoms with Crippen LogP contribution >= 0.6 is 0 Å². The number of hydrogen-bond donors (Lipinski definition) is 2. The number of carbonyl (C=O) groups excluding carboxylic acids is 1. The van der Waals surface area contributed by atoms with Crippen molar-refractivity contribution in [3.63, 3.8) is 0 Å². The molecule has 17 heavy (non-hydrogen) atoms. The smallest absolute Gasteiger partial charge is 0.364 e. The predicted molar refractivity (Wildman–Crippen MR) is 50.4 cm³/mol. The number of amides is 1. The van der Waals surface area contributed by atoms with Crippen molar-refractivity contribution in [1.82, 2.24) is 4.57 Å². The molecule has 0 aliphatic heterocycles. The molecule has 0 saturated heterocycles. The van der Waals surface area contributed by atoms with E-state index < -0.39 is 39.2 Å². The first-order valence-electron chi connectivity index (χ1n) is 4.10. The van der Waals surface area contributed by atoms with Crippen molar-refractivity contribution in [2.45, 2.75) is 17.6 Å². The first-order chi connectivity index (χ1) is 7.50. The van der Waals surface area contributed by atoms with Crippen LogP contribution in [0.5, 0.6) is 0 Å². The van der Waals surface area contributed by atoms with Gasteiger partial charge in [-0.3, -0.25) is 4.79 Å². The summed E-state index contributed by atoms with van der Waals surface area (Å²) in [6, 6.07) is 0.698. The molecular formula is C7H8F3N3O3S. The Labute approximate surface area is 94.0 Å². The van der Waals surface area contributed by atoms with E-state index in [9.17, 15) is 26.4 Å². The number of hydrogen-bond acceptors (Lipinski definition) is 3. The summed E-state index contributed by atoms with van der Waals surface area (Å²) in [7, 11) is -4.19. The third kappa shape index (κ3) is 3.46. The van der Waals surface area contributed by atoms with Crippen molar-refractivity contribution < 1.29 is 26.4 Å².